The molecule has 194 valence electrons. The molecule has 4 heterocycles. The summed E-state index contributed by atoms with van der Waals surface area (Å²) in [5.74, 6) is 0.321. The van der Waals surface area contributed by atoms with Crippen molar-refractivity contribution in [2.75, 3.05) is 29.4 Å². The van der Waals surface area contributed by atoms with Gasteiger partial charge in [-0.2, -0.15) is 5.10 Å². The SMILES string of the molecule is O=C(NC1CCC2(CC1)CCN(c1ccc(F)cc1Cl)C2=O)c1cnn2ccc(N3CCCCC3)nc12. The number of anilines is 2. The number of carbonyl (C=O) groups is 2. The maximum atomic E-state index is 13.5. The molecule has 0 atom stereocenters. The minimum atomic E-state index is -0.450. The number of nitrogens with zero attached hydrogens (tertiary/aromatic N) is 5. The van der Waals surface area contributed by atoms with Gasteiger partial charge in [-0.3, -0.25) is 9.59 Å². The molecule has 1 saturated carbocycles. The van der Waals surface area contributed by atoms with E-state index in [-0.39, 0.29) is 22.9 Å². The average Bonchev–Trinajstić information content (AvgIpc) is 3.47. The van der Waals surface area contributed by atoms with Gasteiger partial charge in [0.1, 0.15) is 17.2 Å². The Morgan fingerprint density at radius 1 is 1.08 bits per heavy atom. The van der Waals surface area contributed by atoms with Crippen molar-refractivity contribution in [3.63, 3.8) is 0 Å². The van der Waals surface area contributed by atoms with Crippen LogP contribution >= 0.6 is 11.6 Å². The fourth-order valence-corrected chi connectivity index (χ4v) is 6.38. The largest absolute Gasteiger partial charge is 0.357 e. The number of nitrogens with one attached hydrogen (secondary N) is 1. The lowest BCUT2D eigenvalue weighted by Gasteiger charge is -2.36. The summed E-state index contributed by atoms with van der Waals surface area (Å²) < 4.78 is 15.1. The summed E-state index contributed by atoms with van der Waals surface area (Å²) in [7, 11) is 0. The summed E-state index contributed by atoms with van der Waals surface area (Å²) in [6.07, 6.45) is 10.5. The minimum Gasteiger partial charge on any atom is -0.357 e. The number of halogens is 2. The highest BCUT2D eigenvalue weighted by Crippen LogP contribution is 2.47. The van der Waals surface area contributed by atoms with Crippen LogP contribution in [-0.2, 0) is 4.79 Å². The molecule has 2 amide bonds. The number of amides is 2. The van der Waals surface area contributed by atoms with E-state index in [4.69, 9.17) is 16.6 Å². The highest BCUT2D eigenvalue weighted by molar-refractivity contribution is 6.34. The highest BCUT2D eigenvalue weighted by Gasteiger charge is 2.49. The van der Waals surface area contributed by atoms with E-state index in [9.17, 15) is 14.0 Å². The molecule has 1 aromatic carbocycles. The Bertz CT molecular complexity index is 1350. The Balaban J connectivity index is 1.11. The second kappa shape index (κ2) is 9.59. The smallest absolute Gasteiger partial charge is 0.256 e. The van der Waals surface area contributed by atoms with Crippen LogP contribution in [0.15, 0.2) is 36.7 Å². The van der Waals surface area contributed by atoms with Gasteiger partial charge < -0.3 is 15.1 Å². The Morgan fingerprint density at radius 2 is 1.86 bits per heavy atom. The van der Waals surface area contributed by atoms with Crippen LogP contribution in [0.1, 0.15) is 61.7 Å². The van der Waals surface area contributed by atoms with E-state index in [1.165, 1.54) is 18.6 Å². The first-order valence-electron chi connectivity index (χ1n) is 13.1. The Kier molecular flexibility index (Phi) is 6.26. The molecule has 1 aliphatic carbocycles. The van der Waals surface area contributed by atoms with Crippen molar-refractivity contribution in [1.82, 2.24) is 19.9 Å². The molecule has 0 radical (unpaired) electrons. The van der Waals surface area contributed by atoms with Crippen LogP contribution in [0.5, 0.6) is 0 Å². The second-order valence-electron chi connectivity index (χ2n) is 10.5. The molecule has 6 rings (SSSR count). The van der Waals surface area contributed by atoms with Crippen LogP contribution < -0.4 is 15.1 Å². The van der Waals surface area contributed by atoms with Crippen molar-refractivity contribution in [1.29, 1.82) is 0 Å². The van der Waals surface area contributed by atoms with Gasteiger partial charge in [0.2, 0.25) is 5.91 Å². The van der Waals surface area contributed by atoms with Crippen molar-refractivity contribution in [3.8, 4) is 0 Å². The van der Waals surface area contributed by atoms with Crippen LogP contribution in [0, 0.1) is 11.2 Å². The first-order valence-corrected chi connectivity index (χ1v) is 13.5. The Labute approximate surface area is 219 Å². The molecule has 1 N–H and O–H groups in total. The molecular formula is C27H30ClFN6O2. The number of benzene rings is 1. The summed E-state index contributed by atoms with van der Waals surface area (Å²) in [5.41, 5.74) is 1.14. The van der Waals surface area contributed by atoms with Crippen molar-refractivity contribution in [3.05, 3.63) is 53.1 Å². The van der Waals surface area contributed by atoms with Gasteiger partial charge in [-0.15, -0.1) is 0 Å². The predicted molar refractivity (Wildman–Crippen MR) is 140 cm³/mol. The third-order valence-electron chi connectivity index (χ3n) is 8.27. The van der Waals surface area contributed by atoms with Crippen LogP contribution in [0.2, 0.25) is 5.02 Å². The topological polar surface area (TPSA) is 82.8 Å². The van der Waals surface area contributed by atoms with Gasteiger partial charge in [-0.1, -0.05) is 11.6 Å². The lowest BCUT2D eigenvalue weighted by molar-refractivity contribution is -0.127. The van der Waals surface area contributed by atoms with Gasteiger partial charge in [0, 0.05) is 31.9 Å². The zero-order chi connectivity index (χ0) is 25.6. The first kappa shape index (κ1) is 24.2. The number of rotatable bonds is 4. The fraction of sp³-hybridized carbons (Fsp3) is 0.481. The third-order valence-corrected chi connectivity index (χ3v) is 8.57. The number of hydrogen-bond donors (Lipinski definition) is 1. The Hall–Kier alpha value is -3.20. The number of carbonyl (C=O) groups excluding carboxylic acids is 2. The van der Waals surface area contributed by atoms with E-state index in [1.54, 1.807) is 21.7 Å². The number of piperidine rings is 1. The van der Waals surface area contributed by atoms with Crippen molar-refractivity contribution < 1.29 is 14.0 Å². The maximum Gasteiger partial charge on any atom is 0.256 e. The van der Waals surface area contributed by atoms with E-state index in [0.717, 1.165) is 38.2 Å². The number of fused-ring (bicyclic) bond motifs is 1. The summed E-state index contributed by atoms with van der Waals surface area (Å²) in [4.78, 5) is 35.3. The molecule has 10 heteroatoms. The molecule has 0 unspecified atom stereocenters. The van der Waals surface area contributed by atoms with Crippen LogP contribution in [0.25, 0.3) is 5.65 Å². The molecule has 8 nitrogen and oxygen atoms in total. The molecule has 0 bridgehead atoms. The second-order valence-corrected chi connectivity index (χ2v) is 10.9. The lowest BCUT2D eigenvalue weighted by atomic mass is 9.71. The molecule has 3 aromatic rings. The number of hydrogen-bond acceptors (Lipinski definition) is 5. The standard InChI is InChI=1S/C27H30ClFN6O2/c28-21-16-18(29)4-5-22(21)34-15-11-27(26(34)37)9-6-19(7-10-27)31-25(36)20-17-30-35-14-8-23(32-24(20)35)33-12-2-1-3-13-33/h4-5,8,14,16-17,19H,1-3,6-7,9-13,15H2,(H,31,36). The highest BCUT2D eigenvalue weighted by atomic mass is 35.5. The zero-order valence-electron chi connectivity index (χ0n) is 20.6. The van der Waals surface area contributed by atoms with Crippen LogP contribution in [-0.4, -0.2) is 52.1 Å². The molecule has 2 aromatic heterocycles. The van der Waals surface area contributed by atoms with Crippen molar-refractivity contribution in [2.45, 2.75) is 57.4 Å². The molecule has 3 fully saturated rings. The van der Waals surface area contributed by atoms with Gasteiger partial charge >= 0.3 is 0 Å². The van der Waals surface area contributed by atoms with E-state index >= 15 is 0 Å². The van der Waals surface area contributed by atoms with Crippen molar-refractivity contribution in [2.24, 2.45) is 5.41 Å². The minimum absolute atomic E-state index is 0.0189. The summed E-state index contributed by atoms with van der Waals surface area (Å²) in [6.45, 7) is 2.52. The zero-order valence-corrected chi connectivity index (χ0v) is 21.4. The van der Waals surface area contributed by atoms with E-state index < -0.39 is 11.2 Å². The Morgan fingerprint density at radius 3 is 2.62 bits per heavy atom. The van der Waals surface area contributed by atoms with Crippen LogP contribution in [0.4, 0.5) is 15.9 Å². The van der Waals surface area contributed by atoms with E-state index in [0.29, 0.717) is 49.1 Å². The first-order chi connectivity index (χ1) is 17.9. The quantitative estimate of drug-likeness (QED) is 0.539. The molecular weight excluding hydrogens is 495 g/mol. The summed E-state index contributed by atoms with van der Waals surface area (Å²) in [6, 6.07) is 6.08. The normalized spacial score (nSPS) is 24.3. The molecule has 2 aliphatic heterocycles. The average molecular weight is 525 g/mol. The molecule has 3 aliphatic rings. The monoisotopic (exact) mass is 524 g/mol. The molecule has 2 saturated heterocycles. The summed E-state index contributed by atoms with van der Waals surface area (Å²) in [5, 5.41) is 7.73. The molecule has 37 heavy (non-hydrogen) atoms. The van der Waals surface area contributed by atoms with Crippen molar-refractivity contribution >= 4 is 40.6 Å². The lowest BCUT2D eigenvalue weighted by Crippen LogP contribution is -2.44. The van der Waals surface area contributed by atoms with Gasteiger partial charge in [-0.25, -0.2) is 13.9 Å². The van der Waals surface area contributed by atoms with Crippen LogP contribution in [0.3, 0.4) is 0 Å². The van der Waals surface area contributed by atoms with E-state index in [1.807, 2.05) is 12.3 Å². The van der Waals surface area contributed by atoms with E-state index in [2.05, 4.69) is 15.3 Å². The number of aromatic nitrogens is 3. The maximum absolute atomic E-state index is 13.5. The summed E-state index contributed by atoms with van der Waals surface area (Å²) >= 11 is 6.23. The van der Waals surface area contributed by atoms with Gasteiger partial charge in [-0.05, 0) is 75.6 Å². The predicted octanol–water partition coefficient (Wildman–Crippen LogP) is 4.61. The van der Waals surface area contributed by atoms with Gasteiger partial charge in [0.15, 0.2) is 5.65 Å². The van der Waals surface area contributed by atoms with Gasteiger partial charge in [0.05, 0.1) is 22.3 Å². The molecule has 1 spiro atoms. The van der Waals surface area contributed by atoms with Gasteiger partial charge in [0.25, 0.3) is 5.91 Å². The fourth-order valence-electron chi connectivity index (χ4n) is 6.11. The third kappa shape index (κ3) is 4.43.